The second-order valence-electron chi connectivity index (χ2n) is 6.39. The lowest BCUT2D eigenvalue weighted by atomic mass is 10.1. The monoisotopic (exact) mass is 431 g/mol. The second-order valence-corrected chi connectivity index (χ2v) is 6.39. The highest BCUT2D eigenvalue weighted by molar-refractivity contribution is 5.92. The maximum absolute atomic E-state index is 12.0. The van der Waals surface area contributed by atoms with E-state index in [9.17, 15) is 24.0 Å². The van der Waals surface area contributed by atoms with E-state index in [0.29, 0.717) is 13.0 Å². The third-order valence-corrected chi connectivity index (χ3v) is 3.76. The van der Waals surface area contributed by atoms with Crippen LogP contribution >= 0.6 is 0 Å². The predicted molar refractivity (Wildman–Crippen MR) is 105 cm³/mol. The molecule has 0 radical (unpaired) electrons. The molecule has 0 aliphatic heterocycles. The van der Waals surface area contributed by atoms with Crippen LogP contribution in [0.4, 0.5) is 0 Å². The first-order chi connectivity index (χ1) is 13.9. The first kappa shape index (κ1) is 26.6. The van der Waals surface area contributed by atoms with Gasteiger partial charge in [0.2, 0.25) is 17.7 Å². The summed E-state index contributed by atoms with van der Waals surface area (Å²) in [6, 6.07) is -3.41. The van der Waals surface area contributed by atoms with Crippen molar-refractivity contribution < 1.29 is 34.2 Å². The van der Waals surface area contributed by atoms with Gasteiger partial charge in [-0.3, -0.25) is 24.2 Å². The number of nitrogens with zero attached hydrogens (tertiary/aromatic N) is 1. The molecule has 0 saturated heterocycles. The number of carbonyl (C=O) groups excluding carboxylic acids is 3. The summed E-state index contributed by atoms with van der Waals surface area (Å²) in [5.41, 5.74) is 16.0. The number of guanidine groups is 1. The molecule has 170 valence electrons. The molecule has 0 aromatic carbocycles. The van der Waals surface area contributed by atoms with Gasteiger partial charge in [0, 0.05) is 13.0 Å². The van der Waals surface area contributed by atoms with Crippen molar-refractivity contribution in [2.45, 2.75) is 50.7 Å². The van der Waals surface area contributed by atoms with Crippen LogP contribution in [-0.2, 0) is 24.0 Å². The van der Waals surface area contributed by atoms with Gasteiger partial charge in [0.05, 0.1) is 12.6 Å². The Morgan fingerprint density at radius 3 is 2.17 bits per heavy atom. The third kappa shape index (κ3) is 12.1. The second kappa shape index (κ2) is 13.7. The highest BCUT2D eigenvalue weighted by atomic mass is 16.4. The van der Waals surface area contributed by atoms with Crippen LogP contribution in [0.25, 0.3) is 0 Å². The number of aliphatic imine (C=N–C) groups is 1. The van der Waals surface area contributed by atoms with Crippen molar-refractivity contribution in [2.24, 2.45) is 22.2 Å². The molecule has 0 aromatic rings. The lowest BCUT2D eigenvalue weighted by Gasteiger charge is -2.18. The molecule has 30 heavy (non-hydrogen) atoms. The minimum atomic E-state index is -1.41. The van der Waals surface area contributed by atoms with Crippen molar-refractivity contribution in [1.82, 2.24) is 16.0 Å². The van der Waals surface area contributed by atoms with Gasteiger partial charge in [0.1, 0.15) is 12.1 Å². The lowest BCUT2D eigenvalue weighted by molar-refractivity contribution is -0.143. The summed E-state index contributed by atoms with van der Waals surface area (Å²) in [5.74, 6) is -4.77. The molecule has 0 spiro atoms. The molecule has 0 aliphatic carbocycles. The van der Waals surface area contributed by atoms with Crippen molar-refractivity contribution in [3.05, 3.63) is 0 Å². The van der Waals surface area contributed by atoms with E-state index in [1.165, 1.54) is 6.92 Å². The van der Waals surface area contributed by atoms with Gasteiger partial charge in [0.25, 0.3) is 0 Å². The number of nitrogens with two attached hydrogens (primary N) is 3. The van der Waals surface area contributed by atoms with Crippen LogP contribution in [0.5, 0.6) is 0 Å². The standard InChI is InChI=1S/C16H29N7O7/c1-8(13(27)23-10(15(29)30)4-5-12(25)26)22-11(24)7-21-14(28)9(17)3-2-6-20-16(18)19/h8-10H,2-7,17H2,1H3,(H,21,28)(H,22,24)(H,23,27)(H,25,26)(H,29,30)(H4,18,19,20). The van der Waals surface area contributed by atoms with E-state index in [2.05, 4.69) is 20.9 Å². The fraction of sp³-hybridized carbons (Fsp3) is 0.625. The molecule has 11 N–H and O–H groups in total. The number of nitrogens with one attached hydrogen (secondary N) is 3. The molecule has 3 atom stereocenters. The van der Waals surface area contributed by atoms with Gasteiger partial charge in [-0.15, -0.1) is 0 Å². The molecule has 0 bridgehead atoms. The van der Waals surface area contributed by atoms with Gasteiger partial charge in [-0.1, -0.05) is 0 Å². The Hall–Kier alpha value is -3.42. The van der Waals surface area contributed by atoms with E-state index < -0.39 is 60.8 Å². The predicted octanol–water partition coefficient (Wildman–Crippen LogP) is -3.58. The van der Waals surface area contributed by atoms with Crippen LogP contribution in [0.3, 0.4) is 0 Å². The highest BCUT2D eigenvalue weighted by Gasteiger charge is 2.24. The number of amides is 3. The maximum atomic E-state index is 12.0. The Bertz CT molecular complexity index is 664. The van der Waals surface area contributed by atoms with Gasteiger partial charge < -0.3 is 43.4 Å². The van der Waals surface area contributed by atoms with Crippen LogP contribution in [0.15, 0.2) is 4.99 Å². The van der Waals surface area contributed by atoms with Gasteiger partial charge in [0.15, 0.2) is 5.96 Å². The average Bonchev–Trinajstić information content (AvgIpc) is 2.65. The van der Waals surface area contributed by atoms with E-state index in [1.54, 1.807) is 0 Å². The fourth-order valence-electron chi connectivity index (χ4n) is 2.13. The zero-order valence-electron chi connectivity index (χ0n) is 16.6. The number of hydrogen-bond donors (Lipinski definition) is 8. The third-order valence-electron chi connectivity index (χ3n) is 3.76. The van der Waals surface area contributed by atoms with E-state index in [0.717, 1.165) is 0 Å². The molecule has 14 heteroatoms. The van der Waals surface area contributed by atoms with Crippen LogP contribution in [-0.4, -0.2) is 77.0 Å². The average molecular weight is 431 g/mol. The van der Waals surface area contributed by atoms with Crippen molar-refractivity contribution in [2.75, 3.05) is 13.1 Å². The van der Waals surface area contributed by atoms with Gasteiger partial charge in [-0.05, 0) is 26.2 Å². The van der Waals surface area contributed by atoms with Crippen LogP contribution in [0.1, 0.15) is 32.6 Å². The van der Waals surface area contributed by atoms with Crippen LogP contribution in [0.2, 0.25) is 0 Å². The number of hydrogen-bond acceptors (Lipinski definition) is 7. The minimum absolute atomic E-state index is 0.0700. The normalized spacial score (nSPS) is 13.3. The summed E-state index contributed by atoms with van der Waals surface area (Å²) in [5, 5.41) is 24.4. The molecular formula is C16H29N7O7. The molecular weight excluding hydrogens is 402 g/mol. The Balaban J connectivity index is 4.36. The SMILES string of the molecule is CC(NC(=O)CNC(=O)C(N)CCCN=C(N)N)C(=O)NC(CCC(=O)O)C(=O)O. The molecule has 14 nitrogen and oxygen atoms in total. The molecule has 0 saturated carbocycles. The van der Waals surface area contributed by atoms with Gasteiger partial charge in [-0.25, -0.2) is 4.79 Å². The number of carboxylic acid groups (broad SMARTS) is 2. The van der Waals surface area contributed by atoms with Crippen molar-refractivity contribution >= 4 is 35.6 Å². The molecule has 0 aromatic heterocycles. The minimum Gasteiger partial charge on any atom is -0.481 e. The number of carboxylic acids is 2. The van der Waals surface area contributed by atoms with Crippen LogP contribution < -0.4 is 33.2 Å². The van der Waals surface area contributed by atoms with Gasteiger partial charge >= 0.3 is 11.9 Å². The fourth-order valence-corrected chi connectivity index (χ4v) is 2.13. The number of aliphatic carboxylic acids is 2. The van der Waals surface area contributed by atoms with E-state index in [1.807, 2.05) is 0 Å². The zero-order valence-corrected chi connectivity index (χ0v) is 16.6. The van der Waals surface area contributed by atoms with Crippen molar-refractivity contribution in [3.63, 3.8) is 0 Å². The highest BCUT2D eigenvalue weighted by Crippen LogP contribution is 1.99. The smallest absolute Gasteiger partial charge is 0.326 e. The quantitative estimate of drug-likeness (QED) is 0.0762. The summed E-state index contributed by atoms with van der Waals surface area (Å²) >= 11 is 0. The molecule has 0 fully saturated rings. The molecule has 0 rings (SSSR count). The van der Waals surface area contributed by atoms with E-state index in [-0.39, 0.29) is 18.8 Å². The Labute approximate surface area is 172 Å². The molecule has 0 aliphatic rings. The summed E-state index contributed by atoms with van der Waals surface area (Å²) in [6.45, 7) is 1.17. The van der Waals surface area contributed by atoms with Crippen molar-refractivity contribution in [1.29, 1.82) is 0 Å². The Kier molecular flexibility index (Phi) is 12.1. The summed E-state index contributed by atoms with van der Waals surface area (Å²) in [7, 11) is 0. The maximum Gasteiger partial charge on any atom is 0.326 e. The largest absolute Gasteiger partial charge is 0.481 e. The van der Waals surface area contributed by atoms with E-state index in [4.69, 9.17) is 27.4 Å². The zero-order chi connectivity index (χ0) is 23.3. The molecule has 3 unspecified atom stereocenters. The number of rotatable bonds is 14. The topological polar surface area (TPSA) is 252 Å². The Morgan fingerprint density at radius 2 is 1.63 bits per heavy atom. The summed E-state index contributed by atoms with van der Waals surface area (Å²) in [6.07, 6.45) is -0.0110. The summed E-state index contributed by atoms with van der Waals surface area (Å²) in [4.78, 5) is 61.1. The van der Waals surface area contributed by atoms with Crippen LogP contribution in [0, 0.1) is 0 Å². The lowest BCUT2D eigenvalue weighted by Crippen LogP contribution is -2.52. The van der Waals surface area contributed by atoms with Gasteiger partial charge in [-0.2, -0.15) is 0 Å². The summed E-state index contributed by atoms with van der Waals surface area (Å²) < 4.78 is 0. The van der Waals surface area contributed by atoms with E-state index >= 15 is 0 Å². The first-order valence-corrected chi connectivity index (χ1v) is 9.07. The first-order valence-electron chi connectivity index (χ1n) is 9.07. The van der Waals surface area contributed by atoms with Crippen molar-refractivity contribution in [3.8, 4) is 0 Å². The molecule has 0 heterocycles. The Morgan fingerprint density at radius 1 is 1.00 bits per heavy atom. The number of carbonyl (C=O) groups is 5. The molecule has 3 amide bonds.